The third-order valence-electron chi connectivity index (χ3n) is 1.85. The summed E-state index contributed by atoms with van der Waals surface area (Å²) < 4.78 is 9.86. The summed E-state index contributed by atoms with van der Waals surface area (Å²) in [6, 6.07) is 0. The van der Waals surface area contributed by atoms with Crippen molar-refractivity contribution in [1.82, 2.24) is 0 Å². The van der Waals surface area contributed by atoms with Crippen LogP contribution in [0.2, 0.25) is 0 Å². The second-order valence-electron chi connectivity index (χ2n) is 2.52. The zero-order valence-corrected chi connectivity index (χ0v) is 7.01. The van der Waals surface area contributed by atoms with Gasteiger partial charge in [0, 0.05) is 5.57 Å². The molecule has 62 valence electrons. The van der Waals surface area contributed by atoms with Crippen LogP contribution in [0.15, 0.2) is 11.3 Å². The minimum absolute atomic E-state index is 0.0718. The average Bonchev–Trinajstić information content (AvgIpc) is 2.26. The van der Waals surface area contributed by atoms with Gasteiger partial charge in [0.2, 0.25) is 5.76 Å². The first kappa shape index (κ1) is 8.11. The van der Waals surface area contributed by atoms with E-state index in [1.807, 2.05) is 13.8 Å². The number of ether oxygens (including phenoxy) is 2. The molecule has 0 aromatic carbocycles. The first-order valence-corrected chi connectivity index (χ1v) is 3.66. The molecule has 1 aliphatic rings. The molecule has 0 aromatic heterocycles. The largest absolute Gasteiger partial charge is 0.490 e. The predicted molar refractivity (Wildman–Crippen MR) is 39.9 cm³/mol. The highest BCUT2D eigenvalue weighted by atomic mass is 16.6. The van der Waals surface area contributed by atoms with Crippen LogP contribution in [-0.2, 0) is 14.3 Å². The molecule has 0 saturated heterocycles. The minimum atomic E-state index is -0.336. The molecule has 11 heavy (non-hydrogen) atoms. The van der Waals surface area contributed by atoms with Crippen LogP contribution in [0.4, 0.5) is 0 Å². The van der Waals surface area contributed by atoms with Gasteiger partial charge >= 0.3 is 5.97 Å². The number of hydrogen-bond donors (Lipinski definition) is 0. The van der Waals surface area contributed by atoms with Gasteiger partial charge in [0.1, 0.15) is 6.10 Å². The van der Waals surface area contributed by atoms with E-state index in [4.69, 9.17) is 9.47 Å². The molecule has 0 radical (unpaired) electrons. The normalized spacial score (nSPS) is 23.9. The minimum Gasteiger partial charge on any atom is -0.490 e. The smallest absolute Gasteiger partial charge is 0.374 e. The van der Waals surface area contributed by atoms with Crippen molar-refractivity contribution in [1.29, 1.82) is 0 Å². The van der Waals surface area contributed by atoms with Crippen LogP contribution < -0.4 is 0 Å². The fourth-order valence-corrected chi connectivity index (χ4v) is 1.21. The summed E-state index contributed by atoms with van der Waals surface area (Å²) in [5, 5.41) is 0. The van der Waals surface area contributed by atoms with E-state index >= 15 is 0 Å². The lowest BCUT2D eigenvalue weighted by Gasteiger charge is -2.05. The van der Waals surface area contributed by atoms with E-state index in [9.17, 15) is 4.79 Å². The van der Waals surface area contributed by atoms with Crippen LogP contribution in [0.5, 0.6) is 0 Å². The van der Waals surface area contributed by atoms with Gasteiger partial charge in [-0.15, -0.1) is 0 Å². The van der Waals surface area contributed by atoms with E-state index in [1.165, 1.54) is 7.11 Å². The quantitative estimate of drug-likeness (QED) is 0.564. The lowest BCUT2D eigenvalue weighted by atomic mass is 10.1. The van der Waals surface area contributed by atoms with Gasteiger partial charge in [-0.3, -0.25) is 0 Å². The zero-order valence-electron chi connectivity index (χ0n) is 7.01. The van der Waals surface area contributed by atoms with Gasteiger partial charge in [-0.2, -0.15) is 0 Å². The van der Waals surface area contributed by atoms with Crippen molar-refractivity contribution in [3.63, 3.8) is 0 Å². The van der Waals surface area contributed by atoms with Gasteiger partial charge in [-0.1, -0.05) is 6.92 Å². The van der Waals surface area contributed by atoms with E-state index in [0.29, 0.717) is 5.76 Å². The summed E-state index contributed by atoms with van der Waals surface area (Å²) in [6.07, 6.45) is 0.738. The average molecular weight is 156 g/mol. The second-order valence-corrected chi connectivity index (χ2v) is 2.52. The van der Waals surface area contributed by atoms with Crippen molar-refractivity contribution in [2.45, 2.75) is 26.4 Å². The Labute approximate surface area is 66.0 Å². The molecule has 0 saturated carbocycles. The Balaban J connectivity index is 2.85. The molecule has 0 aliphatic carbocycles. The van der Waals surface area contributed by atoms with Crippen LogP contribution in [0.1, 0.15) is 20.3 Å². The van der Waals surface area contributed by atoms with Gasteiger partial charge in [0.05, 0.1) is 7.11 Å². The monoisotopic (exact) mass is 156 g/mol. The molecule has 0 bridgehead atoms. The number of carbonyl (C=O) groups excluding carboxylic acids is 1. The molecule has 3 nitrogen and oxygen atoms in total. The Bertz CT molecular complexity index is 205. The first-order valence-electron chi connectivity index (χ1n) is 3.66. The number of rotatable bonds is 2. The van der Waals surface area contributed by atoms with E-state index in [2.05, 4.69) is 0 Å². The molecule has 1 heterocycles. The number of carbonyl (C=O) groups is 1. The SMILES string of the molecule is CCC1OC(=O)C(OC)=C1C. The van der Waals surface area contributed by atoms with Gasteiger partial charge < -0.3 is 9.47 Å². The standard InChI is InChI=1S/C8H12O3/c1-4-6-5(2)7(10-3)8(9)11-6/h6H,4H2,1-3H3. The van der Waals surface area contributed by atoms with Gasteiger partial charge in [-0.05, 0) is 13.3 Å². The summed E-state index contributed by atoms with van der Waals surface area (Å²) in [5.74, 6) is 0.0358. The Morgan fingerprint density at radius 1 is 1.64 bits per heavy atom. The molecular weight excluding hydrogens is 144 g/mol. The molecule has 1 unspecified atom stereocenters. The second kappa shape index (κ2) is 2.95. The van der Waals surface area contributed by atoms with Crippen LogP contribution in [0.25, 0.3) is 0 Å². The highest BCUT2D eigenvalue weighted by Gasteiger charge is 2.30. The fourth-order valence-electron chi connectivity index (χ4n) is 1.21. The van der Waals surface area contributed by atoms with Crippen LogP contribution in [-0.4, -0.2) is 19.2 Å². The van der Waals surface area contributed by atoms with Gasteiger partial charge in [0.15, 0.2) is 0 Å². The maximum atomic E-state index is 11.0. The van der Waals surface area contributed by atoms with Crippen LogP contribution >= 0.6 is 0 Å². The number of methoxy groups -OCH3 is 1. The lowest BCUT2D eigenvalue weighted by Crippen LogP contribution is -2.08. The Kier molecular flexibility index (Phi) is 2.17. The Hall–Kier alpha value is -0.990. The van der Waals surface area contributed by atoms with Crippen LogP contribution in [0.3, 0.4) is 0 Å². The van der Waals surface area contributed by atoms with E-state index in [-0.39, 0.29) is 12.1 Å². The number of esters is 1. The third kappa shape index (κ3) is 1.23. The summed E-state index contributed by atoms with van der Waals surface area (Å²) in [4.78, 5) is 11.0. The van der Waals surface area contributed by atoms with E-state index in [1.54, 1.807) is 0 Å². The Morgan fingerprint density at radius 2 is 2.27 bits per heavy atom. The lowest BCUT2D eigenvalue weighted by molar-refractivity contribution is -0.142. The van der Waals surface area contributed by atoms with Gasteiger partial charge in [-0.25, -0.2) is 4.79 Å². The predicted octanol–water partition coefficient (Wildman–Crippen LogP) is 1.24. The molecule has 0 spiro atoms. The number of cyclic esters (lactones) is 1. The molecule has 1 aliphatic heterocycles. The highest BCUT2D eigenvalue weighted by molar-refractivity contribution is 5.89. The molecule has 0 aromatic rings. The number of hydrogen-bond acceptors (Lipinski definition) is 3. The van der Waals surface area contributed by atoms with Crippen molar-refractivity contribution >= 4 is 5.97 Å². The van der Waals surface area contributed by atoms with Gasteiger partial charge in [0.25, 0.3) is 0 Å². The molecule has 3 heteroatoms. The zero-order chi connectivity index (χ0) is 8.43. The summed E-state index contributed by atoms with van der Waals surface area (Å²) in [7, 11) is 1.48. The summed E-state index contributed by atoms with van der Waals surface area (Å²) in [6.45, 7) is 3.83. The molecule has 1 atom stereocenters. The molecule has 0 N–H and O–H groups in total. The maximum Gasteiger partial charge on any atom is 0.374 e. The fraction of sp³-hybridized carbons (Fsp3) is 0.625. The third-order valence-corrected chi connectivity index (χ3v) is 1.85. The van der Waals surface area contributed by atoms with E-state index in [0.717, 1.165) is 12.0 Å². The molecule has 0 fully saturated rings. The Morgan fingerprint density at radius 3 is 2.55 bits per heavy atom. The molecular formula is C8H12O3. The highest BCUT2D eigenvalue weighted by Crippen LogP contribution is 2.24. The summed E-state index contributed by atoms with van der Waals surface area (Å²) >= 11 is 0. The van der Waals surface area contributed by atoms with Crippen molar-refractivity contribution in [3.05, 3.63) is 11.3 Å². The van der Waals surface area contributed by atoms with Crippen molar-refractivity contribution in [2.75, 3.05) is 7.11 Å². The molecule has 0 amide bonds. The van der Waals surface area contributed by atoms with Crippen molar-refractivity contribution in [2.24, 2.45) is 0 Å². The van der Waals surface area contributed by atoms with Crippen molar-refractivity contribution in [3.8, 4) is 0 Å². The van der Waals surface area contributed by atoms with E-state index < -0.39 is 0 Å². The topological polar surface area (TPSA) is 35.5 Å². The van der Waals surface area contributed by atoms with Crippen molar-refractivity contribution < 1.29 is 14.3 Å². The molecule has 1 rings (SSSR count). The first-order chi connectivity index (χ1) is 5.20. The maximum absolute atomic E-state index is 11.0. The summed E-state index contributed by atoms with van der Waals surface area (Å²) in [5.41, 5.74) is 0.903. The van der Waals surface area contributed by atoms with Crippen LogP contribution in [0, 0.1) is 0 Å².